The highest BCUT2D eigenvalue weighted by atomic mass is 19.1. The highest BCUT2D eigenvalue weighted by molar-refractivity contribution is 5.92. The maximum atomic E-state index is 13.3. The van der Waals surface area contributed by atoms with Gasteiger partial charge in [0.2, 0.25) is 0 Å². The summed E-state index contributed by atoms with van der Waals surface area (Å²) < 4.78 is 23.0. The number of amides is 1. The van der Waals surface area contributed by atoms with Crippen LogP contribution in [0.5, 0.6) is 5.75 Å². The molecule has 0 fully saturated rings. The molecule has 0 aliphatic heterocycles. The van der Waals surface area contributed by atoms with Crippen LogP contribution in [-0.2, 0) is 14.3 Å². The second kappa shape index (κ2) is 7.93. The summed E-state index contributed by atoms with van der Waals surface area (Å²) in [4.78, 5) is 23.2. The number of hydrogen-bond donors (Lipinski definition) is 1. The Morgan fingerprint density at radius 3 is 2.61 bits per heavy atom. The monoisotopic (exact) mass is 317 g/mol. The summed E-state index contributed by atoms with van der Waals surface area (Å²) in [6, 6.07) is 12.9. The van der Waals surface area contributed by atoms with Gasteiger partial charge in [0.25, 0.3) is 5.91 Å². The van der Waals surface area contributed by atoms with Gasteiger partial charge in [-0.3, -0.25) is 4.79 Å². The molecule has 0 aliphatic rings. The Morgan fingerprint density at radius 2 is 1.87 bits per heavy atom. The van der Waals surface area contributed by atoms with E-state index in [9.17, 15) is 14.0 Å². The second-order valence-electron chi connectivity index (χ2n) is 4.80. The first-order valence-corrected chi connectivity index (χ1v) is 6.94. The predicted octanol–water partition coefficient (Wildman–Crippen LogP) is 2.69. The minimum absolute atomic E-state index is 0.0475. The van der Waals surface area contributed by atoms with Crippen LogP contribution in [0.2, 0.25) is 0 Å². The Morgan fingerprint density at radius 1 is 1.09 bits per heavy atom. The molecule has 0 unspecified atom stereocenters. The second-order valence-corrected chi connectivity index (χ2v) is 4.80. The van der Waals surface area contributed by atoms with E-state index in [1.807, 2.05) is 13.0 Å². The summed E-state index contributed by atoms with van der Waals surface area (Å²) >= 11 is 0. The van der Waals surface area contributed by atoms with E-state index < -0.39 is 30.9 Å². The molecule has 2 rings (SSSR count). The van der Waals surface area contributed by atoms with E-state index in [0.717, 1.165) is 5.56 Å². The van der Waals surface area contributed by atoms with Gasteiger partial charge in [0.1, 0.15) is 0 Å². The minimum Gasteiger partial charge on any atom is -0.479 e. The Labute approximate surface area is 133 Å². The van der Waals surface area contributed by atoms with Crippen LogP contribution < -0.4 is 10.1 Å². The van der Waals surface area contributed by atoms with E-state index in [1.54, 1.807) is 24.3 Å². The molecule has 6 heteroatoms. The summed E-state index contributed by atoms with van der Waals surface area (Å²) in [5.41, 5.74) is 1.62. The van der Waals surface area contributed by atoms with Crippen molar-refractivity contribution in [3.63, 3.8) is 0 Å². The Hall–Kier alpha value is -2.89. The van der Waals surface area contributed by atoms with Crippen molar-refractivity contribution in [2.24, 2.45) is 0 Å². The van der Waals surface area contributed by atoms with Crippen molar-refractivity contribution in [2.45, 2.75) is 6.92 Å². The molecule has 0 aromatic heterocycles. The predicted molar refractivity (Wildman–Crippen MR) is 82.7 cm³/mol. The fraction of sp³-hybridized carbons (Fsp3) is 0.176. The lowest BCUT2D eigenvalue weighted by Gasteiger charge is -2.08. The van der Waals surface area contributed by atoms with E-state index in [1.165, 1.54) is 18.2 Å². The molecule has 0 heterocycles. The van der Waals surface area contributed by atoms with Crippen molar-refractivity contribution in [3.8, 4) is 5.75 Å². The van der Waals surface area contributed by atoms with Gasteiger partial charge in [-0.1, -0.05) is 24.3 Å². The molecule has 0 aliphatic carbocycles. The molecular formula is C17H16FNO4. The largest absolute Gasteiger partial charge is 0.479 e. The normalized spacial score (nSPS) is 10.0. The van der Waals surface area contributed by atoms with Crippen LogP contribution in [0, 0.1) is 12.7 Å². The molecule has 0 spiro atoms. The van der Waals surface area contributed by atoms with Crippen molar-refractivity contribution in [1.29, 1.82) is 0 Å². The molecule has 0 saturated heterocycles. The van der Waals surface area contributed by atoms with E-state index >= 15 is 0 Å². The summed E-state index contributed by atoms with van der Waals surface area (Å²) in [6.45, 7) is 0.988. The van der Waals surface area contributed by atoms with Crippen LogP contribution in [0.4, 0.5) is 10.1 Å². The van der Waals surface area contributed by atoms with Crippen molar-refractivity contribution in [3.05, 3.63) is 59.9 Å². The number of hydrogen-bond acceptors (Lipinski definition) is 4. The number of benzene rings is 2. The number of carbonyl (C=O) groups excluding carboxylic acids is 2. The average molecular weight is 317 g/mol. The van der Waals surface area contributed by atoms with Crippen LogP contribution in [0.15, 0.2) is 48.5 Å². The number of para-hydroxylation sites is 1. The van der Waals surface area contributed by atoms with Gasteiger partial charge in [-0.15, -0.1) is 0 Å². The van der Waals surface area contributed by atoms with Gasteiger partial charge >= 0.3 is 5.97 Å². The highest BCUT2D eigenvalue weighted by Gasteiger charge is 2.10. The Balaban J connectivity index is 1.74. The molecule has 120 valence electrons. The van der Waals surface area contributed by atoms with Crippen LogP contribution in [0.25, 0.3) is 0 Å². The van der Waals surface area contributed by atoms with E-state index in [-0.39, 0.29) is 5.75 Å². The van der Waals surface area contributed by atoms with E-state index in [2.05, 4.69) is 5.32 Å². The minimum atomic E-state index is -0.757. The third-order valence-corrected chi connectivity index (χ3v) is 2.85. The zero-order valence-electron chi connectivity index (χ0n) is 12.5. The summed E-state index contributed by atoms with van der Waals surface area (Å²) in [6.07, 6.45) is 0. The maximum Gasteiger partial charge on any atom is 0.344 e. The molecule has 1 N–H and O–H groups in total. The standard InChI is InChI=1S/C17H16FNO4/c1-12-5-4-6-13(9-12)19-16(20)10-23-17(21)11-22-15-8-3-2-7-14(15)18/h2-9H,10-11H2,1H3,(H,19,20). The molecule has 0 bridgehead atoms. The van der Waals surface area contributed by atoms with Crippen molar-refractivity contribution in [1.82, 2.24) is 0 Å². The third kappa shape index (κ3) is 5.43. The quantitative estimate of drug-likeness (QED) is 0.832. The molecule has 2 aromatic carbocycles. The van der Waals surface area contributed by atoms with Gasteiger partial charge in [0, 0.05) is 5.69 Å². The number of halogens is 1. The molecule has 1 amide bonds. The SMILES string of the molecule is Cc1cccc(NC(=O)COC(=O)COc2ccccc2F)c1. The Bertz CT molecular complexity index is 702. The van der Waals surface area contributed by atoms with E-state index in [4.69, 9.17) is 9.47 Å². The fourth-order valence-electron chi connectivity index (χ4n) is 1.81. The first kappa shape index (κ1) is 16.5. The molecule has 5 nitrogen and oxygen atoms in total. The summed E-state index contributed by atoms with van der Waals surface area (Å²) in [5.74, 6) is -1.84. The molecule has 0 saturated carbocycles. The zero-order valence-corrected chi connectivity index (χ0v) is 12.5. The molecular weight excluding hydrogens is 301 g/mol. The van der Waals surface area contributed by atoms with Gasteiger partial charge in [-0.25, -0.2) is 9.18 Å². The Kier molecular flexibility index (Phi) is 5.68. The topological polar surface area (TPSA) is 64.6 Å². The van der Waals surface area contributed by atoms with Gasteiger partial charge < -0.3 is 14.8 Å². The maximum absolute atomic E-state index is 13.3. The lowest BCUT2D eigenvalue weighted by atomic mass is 10.2. The smallest absolute Gasteiger partial charge is 0.344 e. The van der Waals surface area contributed by atoms with Crippen molar-refractivity contribution in [2.75, 3.05) is 18.5 Å². The van der Waals surface area contributed by atoms with Crippen molar-refractivity contribution >= 4 is 17.6 Å². The zero-order chi connectivity index (χ0) is 16.7. The van der Waals surface area contributed by atoms with Crippen LogP contribution in [0.1, 0.15) is 5.56 Å². The van der Waals surface area contributed by atoms with Gasteiger partial charge in [-0.05, 0) is 36.8 Å². The number of carbonyl (C=O) groups is 2. The van der Waals surface area contributed by atoms with E-state index in [0.29, 0.717) is 5.69 Å². The molecule has 0 atom stereocenters. The number of aryl methyl sites for hydroxylation is 1. The number of anilines is 1. The first-order valence-electron chi connectivity index (χ1n) is 6.94. The first-order chi connectivity index (χ1) is 11.0. The number of nitrogens with one attached hydrogen (secondary N) is 1. The number of rotatable bonds is 6. The molecule has 23 heavy (non-hydrogen) atoms. The van der Waals surface area contributed by atoms with Gasteiger partial charge in [0.05, 0.1) is 0 Å². The summed E-state index contributed by atoms with van der Waals surface area (Å²) in [5, 5.41) is 2.60. The van der Waals surface area contributed by atoms with Crippen LogP contribution in [-0.4, -0.2) is 25.1 Å². The van der Waals surface area contributed by atoms with Crippen LogP contribution in [0.3, 0.4) is 0 Å². The number of esters is 1. The summed E-state index contributed by atoms with van der Waals surface area (Å²) in [7, 11) is 0. The number of ether oxygens (including phenoxy) is 2. The van der Waals surface area contributed by atoms with Gasteiger partial charge in [0.15, 0.2) is 24.8 Å². The van der Waals surface area contributed by atoms with Crippen LogP contribution >= 0.6 is 0 Å². The molecule has 2 aromatic rings. The lowest BCUT2D eigenvalue weighted by Crippen LogP contribution is -2.23. The lowest BCUT2D eigenvalue weighted by molar-refractivity contribution is -0.149. The average Bonchev–Trinajstić information content (AvgIpc) is 2.52. The fourth-order valence-corrected chi connectivity index (χ4v) is 1.81. The van der Waals surface area contributed by atoms with Gasteiger partial charge in [-0.2, -0.15) is 0 Å². The van der Waals surface area contributed by atoms with Crippen molar-refractivity contribution < 1.29 is 23.5 Å². The third-order valence-electron chi connectivity index (χ3n) is 2.85. The molecule has 0 radical (unpaired) electrons. The highest BCUT2D eigenvalue weighted by Crippen LogP contribution is 2.15.